The highest BCUT2D eigenvalue weighted by Gasteiger charge is 2.41. The van der Waals surface area contributed by atoms with Crippen LogP contribution in [-0.4, -0.2) is 43.2 Å². The standard InChI is InChI=1S/C16H20F2N2O2/c1-19-16(21)14-7-11-4-5-20(9-15(11)22-14)8-10-2-3-12(17)13(18)6-10/h2-3,6,11,14-15H,4-5,7-9H2,1H3,(H,19,21)/t11-,14+,15-/m0/s1. The van der Waals surface area contributed by atoms with Crippen LogP contribution in [-0.2, 0) is 16.1 Å². The SMILES string of the molecule is CNC(=O)[C@H]1C[C@@H]2CCN(Cc3ccc(F)c(F)c3)C[C@@H]2O1. The van der Waals surface area contributed by atoms with Gasteiger partial charge in [0, 0.05) is 20.1 Å². The molecule has 0 bridgehead atoms. The fourth-order valence-corrected chi connectivity index (χ4v) is 3.36. The monoisotopic (exact) mass is 310 g/mol. The molecule has 3 atom stereocenters. The van der Waals surface area contributed by atoms with Gasteiger partial charge in [-0.3, -0.25) is 9.69 Å². The number of piperidine rings is 1. The van der Waals surface area contributed by atoms with Crippen molar-refractivity contribution in [3.05, 3.63) is 35.4 Å². The van der Waals surface area contributed by atoms with Crippen molar-refractivity contribution >= 4 is 5.91 Å². The third-order valence-electron chi connectivity index (χ3n) is 4.56. The highest BCUT2D eigenvalue weighted by Crippen LogP contribution is 2.33. The first-order valence-electron chi connectivity index (χ1n) is 7.60. The molecule has 2 aliphatic heterocycles. The number of ether oxygens (including phenoxy) is 1. The molecule has 0 saturated carbocycles. The zero-order valence-electron chi connectivity index (χ0n) is 12.5. The second-order valence-corrected chi connectivity index (χ2v) is 6.05. The van der Waals surface area contributed by atoms with Crippen molar-refractivity contribution in [2.45, 2.75) is 31.6 Å². The van der Waals surface area contributed by atoms with E-state index in [0.29, 0.717) is 12.5 Å². The number of carbonyl (C=O) groups excluding carboxylic acids is 1. The molecule has 6 heteroatoms. The van der Waals surface area contributed by atoms with E-state index >= 15 is 0 Å². The highest BCUT2D eigenvalue weighted by molar-refractivity contribution is 5.80. The first-order valence-corrected chi connectivity index (χ1v) is 7.60. The lowest BCUT2D eigenvalue weighted by Crippen LogP contribution is -2.42. The third-order valence-corrected chi connectivity index (χ3v) is 4.56. The summed E-state index contributed by atoms with van der Waals surface area (Å²) < 4.78 is 32.1. The van der Waals surface area contributed by atoms with Crippen molar-refractivity contribution in [1.82, 2.24) is 10.2 Å². The maximum atomic E-state index is 13.3. The second-order valence-electron chi connectivity index (χ2n) is 6.05. The van der Waals surface area contributed by atoms with E-state index in [1.165, 1.54) is 6.07 Å². The summed E-state index contributed by atoms with van der Waals surface area (Å²) in [5.41, 5.74) is 0.748. The predicted molar refractivity (Wildman–Crippen MR) is 77.1 cm³/mol. The Morgan fingerprint density at radius 1 is 1.41 bits per heavy atom. The summed E-state index contributed by atoms with van der Waals surface area (Å²) >= 11 is 0. The van der Waals surface area contributed by atoms with E-state index in [9.17, 15) is 13.6 Å². The average molecular weight is 310 g/mol. The maximum absolute atomic E-state index is 13.3. The first kappa shape index (κ1) is 15.4. The number of hydrogen-bond donors (Lipinski definition) is 1. The van der Waals surface area contributed by atoms with Crippen LogP contribution in [0.25, 0.3) is 0 Å². The average Bonchev–Trinajstić information content (AvgIpc) is 2.93. The highest BCUT2D eigenvalue weighted by atomic mass is 19.2. The van der Waals surface area contributed by atoms with E-state index < -0.39 is 11.6 Å². The Labute approximate surface area is 128 Å². The zero-order chi connectivity index (χ0) is 15.7. The predicted octanol–water partition coefficient (Wildman–Crippen LogP) is 1.69. The van der Waals surface area contributed by atoms with Crippen molar-refractivity contribution in [1.29, 1.82) is 0 Å². The number of likely N-dealkylation sites (tertiary alicyclic amines) is 1. The minimum Gasteiger partial charge on any atom is -0.364 e. The van der Waals surface area contributed by atoms with Gasteiger partial charge in [0.05, 0.1) is 6.10 Å². The Morgan fingerprint density at radius 2 is 2.23 bits per heavy atom. The second kappa shape index (κ2) is 6.30. The summed E-state index contributed by atoms with van der Waals surface area (Å²) in [5, 5.41) is 2.62. The molecule has 4 nitrogen and oxygen atoms in total. The number of halogens is 2. The minimum atomic E-state index is -0.824. The molecule has 120 valence electrons. The smallest absolute Gasteiger partial charge is 0.248 e. The molecule has 0 aliphatic carbocycles. The molecule has 1 N–H and O–H groups in total. The normalized spacial score (nSPS) is 28.4. The van der Waals surface area contributed by atoms with Gasteiger partial charge in [-0.05, 0) is 43.0 Å². The van der Waals surface area contributed by atoms with Crippen LogP contribution >= 0.6 is 0 Å². The van der Waals surface area contributed by atoms with Gasteiger partial charge in [0.2, 0.25) is 5.91 Å². The molecule has 2 fully saturated rings. The molecule has 2 aliphatic rings. The molecule has 1 amide bonds. The van der Waals surface area contributed by atoms with Crippen molar-refractivity contribution in [2.24, 2.45) is 5.92 Å². The summed E-state index contributed by atoms with van der Waals surface area (Å²) in [5.74, 6) is -1.30. The number of fused-ring (bicyclic) bond motifs is 1. The van der Waals surface area contributed by atoms with Crippen molar-refractivity contribution < 1.29 is 18.3 Å². The Morgan fingerprint density at radius 3 is 2.95 bits per heavy atom. The molecule has 0 unspecified atom stereocenters. The van der Waals surface area contributed by atoms with Crippen LogP contribution in [0, 0.1) is 17.6 Å². The number of nitrogens with zero attached hydrogens (tertiary/aromatic N) is 1. The van der Waals surface area contributed by atoms with Crippen LogP contribution in [0.1, 0.15) is 18.4 Å². The van der Waals surface area contributed by atoms with Crippen molar-refractivity contribution in [3.8, 4) is 0 Å². The maximum Gasteiger partial charge on any atom is 0.248 e. The fourth-order valence-electron chi connectivity index (χ4n) is 3.36. The molecule has 0 spiro atoms. The van der Waals surface area contributed by atoms with Gasteiger partial charge in [-0.25, -0.2) is 8.78 Å². The lowest BCUT2D eigenvalue weighted by Gasteiger charge is -2.34. The van der Waals surface area contributed by atoms with Crippen LogP contribution in [0.15, 0.2) is 18.2 Å². The molecule has 1 aromatic carbocycles. The molecular weight excluding hydrogens is 290 g/mol. The molecule has 1 aromatic rings. The van der Waals surface area contributed by atoms with E-state index in [1.54, 1.807) is 13.1 Å². The van der Waals surface area contributed by atoms with Gasteiger partial charge in [-0.2, -0.15) is 0 Å². The summed E-state index contributed by atoms with van der Waals surface area (Å²) in [7, 11) is 1.61. The summed E-state index contributed by atoms with van der Waals surface area (Å²) in [6.45, 7) is 2.16. The number of benzene rings is 1. The van der Waals surface area contributed by atoms with Gasteiger partial charge >= 0.3 is 0 Å². The van der Waals surface area contributed by atoms with Crippen molar-refractivity contribution in [2.75, 3.05) is 20.1 Å². The topological polar surface area (TPSA) is 41.6 Å². The van der Waals surface area contributed by atoms with Gasteiger partial charge in [0.1, 0.15) is 6.10 Å². The van der Waals surface area contributed by atoms with Gasteiger partial charge in [0.15, 0.2) is 11.6 Å². The van der Waals surface area contributed by atoms with E-state index in [-0.39, 0.29) is 18.1 Å². The van der Waals surface area contributed by atoms with Crippen LogP contribution in [0.2, 0.25) is 0 Å². The summed E-state index contributed by atoms with van der Waals surface area (Å²) in [6.07, 6.45) is 1.41. The largest absolute Gasteiger partial charge is 0.364 e. The number of amides is 1. The van der Waals surface area contributed by atoms with E-state index in [0.717, 1.165) is 37.6 Å². The number of likely N-dealkylation sites (N-methyl/N-ethyl adjacent to an activating group) is 1. The molecule has 22 heavy (non-hydrogen) atoms. The molecular formula is C16H20F2N2O2. The lowest BCUT2D eigenvalue weighted by molar-refractivity contribution is -0.132. The van der Waals surface area contributed by atoms with Crippen LogP contribution in [0.5, 0.6) is 0 Å². The van der Waals surface area contributed by atoms with Gasteiger partial charge in [0.25, 0.3) is 0 Å². The third kappa shape index (κ3) is 3.13. The Bertz CT molecular complexity index is 567. The van der Waals surface area contributed by atoms with Crippen LogP contribution in [0.3, 0.4) is 0 Å². The Kier molecular flexibility index (Phi) is 4.40. The first-order chi connectivity index (χ1) is 10.6. The fraction of sp³-hybridized carbons (Fsp3) is 0.562. The van der Waals surface area contributed by atoms with Crippen LogP contribution in [0.4, 0.5) is 8.78 Å². The molecule has 2 saturated heterocycles. The van der Waals surface area contributed by atoms with E-state index in [1.807, 2.05) is 0 Å². The van der Waals surface area contributed by atoms with Gasteiger partial charge in [-0.1, -0.05) is 6.07 Å². The lowest BCUT2D eigenvalue weighted by atomic mass is 9.91. The Balaban J connectivity index is 1.60. The van der Waals surface area contributed by atoms with Crippen LogP contribution < -0.4 is 5.32 Å². The molecule has 3 rings (SSSR count). The van der Waals surface area contributed by atoms with Gasteiger partial charge < -0.3 is 10.1 Å². The summed E-state index contributed by atoms with van der Waals surface area (Å²) in [4.78, 5) is 13.8. The van der Waals surface area contributed by atoms with Crippen molar-refractivity contribution in [3.63, 3.8) is 0 Å². The van der Waals surface area contributed by atoms with Gasteiger partial charge in [-0.15, -0.1) is 0 Å². The molecule has 0 radical (unpaired) electrons. The quantitative estimate of drug-likeness (QED) is 0.924. The summed E-state index contributed by atoms with van der Waals surface area (Å²) in [6, 6.07) is 4.00. The number of hydrogen-bond acceptors (Lipinski definition) is 3. The number of rotatable bonds is 3. The number of carbonyl (C=O) groups is 1. The number of nitrogens with one attached hydrogen (secondary N) is 1. The molecule has 2 heterocycles. The Hall–Kier alpha value is -1.53. The minimum absolute atomic E-state index is 0.0429. The van der Waals surface area contributed by atoms with E-state index in [2.05, 4.69) is 10.2 Å². The zero-order valence-corrected chi connectivity index (χ0v) is 12.5. The molecule has 0 aromatic heterocycles. The van der Waals surface area contributed by atoms with E-state index in [4.69, 9.17) is 4.74 Å².